The van der Waals surface area contributed by atoms with E-state index in [-0.39, 0.29) is 11.6 Å². The van der Waals surface area contributed by atoms with Gasteiger partial charge in [-0.15, -0.1) is 0 Å². The molecule has 150 valence electrons. The molecule has 1 unspecified atom stereocenters. The fourth-order valence-corrected chi connectivity index (χ4v) is 4.28. The Bertz CT molecular complexity index is 1000. The second-order valence-electron chi connectivity index (χ2n) is 7.75. The van der Waals surface area contributed by atoms with Gasteiger partial charge in [-0.05, 0) is 67.9 Å². The van der Waals surface area contributed by atoms with Crippen molar-refractivity contribution < 1.29 is 4.74 Å². The molecule has 29 heavy (non-hydrogen) atoms. The highest BCUT2D eigenvalue weighted by atomic mass is 35.5. The number of fused-ring (bicyclic) bond motifs is 1. The predicted molar refractivity (Wildman–Crippen MR) is 123 cm³/mol. The Labute approximate surface area is 182 Å². The summed E-state index contributed by atoms with van der Waals surface area (Å²) < 4.78 is 5.77. The third-order valence-corrected chi connectivity index (χ3v) is 5.55. The molecule has 0 saturated carbocycles. The number of ether oxygens (including phenoxy) is 1. The van der Waals surface area contributed by atoms with Crippen molar-refractivity contribution in [1.82, 2.24) is 0 Å². The van der Waals surface area contributed by atoms with E-state index in [9.17, 15) is 0 Å². The summed E-state index contributed by atoms with van der Waals surface area (Å²) in [6.07, 6.45) is 0.943. The van der Waals surface area contributed by atoms with Crippen molar-refractivity contribution in [3.8, 4) is 5.75 Å². The second-order valence-corrected chi connectivity index (χ2v) is 8.62. The van der Waals surface area contributed by atoms with Crippen LogP contribution in [-0.4, -0.2) is 12.6 Å². The smallest absolute Gasteiger partial charge is 0.119 e. The predicted octanol–water partition coefficient (Wildman–Crippen LogP) is 6.76. The van der Waals surface area contributed by atoms with Crippen LogP contribution >= 0.6 is 23.2 Å². The van der Waals surface area contributed by atoms with Crippen molar-refractivity contribution in [2.75, 3.05) is 17.2 Å². The first kappa shape index (κ1) is 19.9. The van der Waals surface area contributed by atoms with Crippen LogP contribution < -0.4 is 15.4 Å². The van der Waals surface area contributed by atoms with Gasteiger partial charge in [0.05, 0.1) is 11.6 Å². The highest BCUT2D eigenvalue weighted by Gasteiger charge is 2.39. The average Bonchev–Trinajstić information content (AvgIpc) is 3.00. The zero-order valence-electron chi connectivity index (χ0n) is 16.5. The van der Waals surface area contributed by atoms with Gasteiger partial charge in [-0.2, -0.15) is 0 Å². The molecular weight excluding hydrogens is 403 g/mol. The minimum Gasteiger partial charge on any atom is -0.491 e. The summed E-state index contributed by atoms with van der Waals surface area (Å²) in [7, 11) is 0. The monoisotopic (exact) mass is 426 g/mol. The summed E-state index contributed by atoms with van der Waals surface area (Å²) in [4.78, 5) is 0. The Balaban J connectivity index is 1.68. The number of anilines is 2. The lowest BCUT2D eigenvalue weighted by molar-refractivity contribution is 0.242. The molecule has 2 N–H and O–H groups in total. The first-order valence-electron chi connectivity index (χ1n) is 9.77. The highest BCUT2D eigenvalue weighted by molar-refractivity contribution is 6.31. The van der Waals surface area contributed by atoms with Gasteiger partial charge in [-0.25, -0.2) is 0 Å². The van der Waals surface area contributed by atoms with Crippen LogP contribution in [0.1, 0.15) is 25.0 Å². The van der Waals surface area contributed by atoms with E-state index >= 15 is 0 Å². The molecule has 0 spiro atoms. The van der Waals surface area contributed by atoms with Gasteiger partial charge in [0.15, 0.2) is 0 Å². The normalized spacial score (nSPS) is 17.7. The molecule has 1 aliphatic heterocycles. The van der Waals surface area contributed by atoms with Crippen molar-refractivity contribution in [3.63, 3.8) is 0 Å². The minimum absolute atomic E-state index is 0.152. The summed E-state index contributed by atoms with van der Waals surface area (Å²) in [5, 5.41) is 8.77. The van der Waals surface area contributed by atoms with Crippen LogP contribution in [0.4, 0.5) is 11.4 Å². The molecule has 0 aliphatic carbocycles. The second kappa shape index (κ2) is 8.17. The van der Waals surface area contributed by atoms with Crippen LogP contribution in [0.5, 0.6) is 5.75 Å². The summed E-state index contributed by atoms with van der Waals surface area (Å²) in [5.74, 6) is 0.867. The van der Waals surface area contributed by atoms with Crippen LogP contribution in [0, 0.1) is 0 Å². The number of hydrogen-bond donors (Lipinski definition) is 2. The third kappa shape index (κ3) is 4.47. The van der Waals surface area contributed by atoms with Crippen LogP contribution in [0.3, 0.4) is 0 Å². The van der Waals surface area contributed by atoms with Gasteiger partial charge in [-0.3, -0.25) is 0 Å². The van der Waals surface area contributed by atoms with E-state index in [1.165, 1.54) is 11.1 Å². The van der Waals surface area contributed by atoms with Crippen LogP contribution in [0.25, 0.3) is 0 Å². The van der Waals surface area contributed by atoms with E-state index < -0.39 is 0 Å². The van der Waals surface area contributed by atoms with E-state index in [4.69, 9.17) is 27.9 Å². The molecular formula is C24H24Cl2N2O. The maximum Gasteiger partial charge on any atom is 0.119 e. The van der Waals surface area contributed by atoms with Gasteiger partial charge in [0.25, 0.3) is 0 Å². The van der Waals surface area contributed by atoms with Crippen molar-refractivity contribution in [1.29, 1.82) is 0 Å². The Morgan fingerprint density at radius 1 is 1.00 bits per heavy atom. The maximum atomic E-state index is 6.25. The van der Waals surface area contributed by atoms with Crippen molar-refractivity contribution in [2.24, 2.45) is 0 Å². The van der Waals surface area contributed by atoms with Crippen molar-refractivity contribution >= 4 is 34.6 Å². The van der Waals surface area contributed by atoms with Crippen molar-refractivity contribution in [2.45, 2.75) is 31.9 Å². The van der Waals surface area contributed by atoms with E-state index in [0.29, 0.717) is 0 Å². The van der Waals surface area contributed by atoms with Gasteiger partial charge < -0.3 is 15.4 Å². The lowest BCUT2D eigenvalue weighted by Crippen LogP contribution is -2.39. The van der Waals surface area contributed by atoms with Crippen LogP contribution in [0.15, 0.2) is 66.7 Å². The molecule has 1 aliphatic rings. The van der Waals surface area contributed by atoms with Crippen LogP contribution in [0.2, 0.25) is 10.0 Å². The van der Waals surface area contributed by atoms with Gasteiger partial charge in [0.2, 0.25) is 0 Å². The minimum atomic E-state index is -0.314. The molecule has 4 rings (SSSR count). The Hall–Kier alpha value is -2.36. The topological polar surface area (TPSA) is 33.3 Å². The lowest BCUT2D eigenvalue weighted by atomic mass is 9.85. The molecule has 0 fully saturated rings. The summed E-state index contributed by atoms with van der Waals surface area (Å²) >= 11 is 12.5. The summed E-state index contributed by atoms with van der Waals surface area (Å²) in [5.41, 5.74) is 4.16. The SMILES string of the molecule is CC(C)Oc1ccc(NC2(Cc3cccc(Cl)c3)CNc3cc(Cl)ccc32)cc1. The molecule has 3 nitrogen and oxygen atoms in total. The van der Waals surface area contributed by atoms with Gasteiger partial charge in [0.1, 0.15) is 5.75 Å². The number of benzene rings is 3. The first-order valence-corrected chi connectivity index (χ1v) is 10.5. The molecule has 3 aromatic rings. The molecule has 0 aromatic heterocycles. The summed E-state index contributed by atoms with van der Waals surface area (Å²) in [6, 6.07) is 22.2. The molecule has 0 bridgehead atoms. The van der Waals surface area contributed by atoms with Gasteiger partial charge in [0, 0.05) is 39.9 Å². The Morgan fingerprint density at radius 3 is 2.48 bits per heavy atom. The molecule has 0 radical (unpaired) electrons. The molecule has 3 aromatic carbocycles. The van der Waals surface area contributed by atoms with Gasteiger partial charge in [-0.1, -0.05) is 41.4 Å². The van der Waals surface area contributed by atoms with Gasteiger partial charge >= 0.3 is 0 Å². The highest BCUT2D eigenvalue weighted by Crippen LogP contribution is 2.41. The third-order valence-electron chi connectivity index (χ3n) is 5.08. The molecule has 0 amide bonds. The zero-order chi connectivity index (χ0) is 20.4. The fraction of sp³-hybridized carbons (Fsp3) is 0.250. The number of hydrogen-bond acceptors (Lipinski definition) is 3. The zero-order valence-corrected chi connectivity index (χ0v) is 18.0. The standard InChI is InChI=1S/C24H24Cl2N2O/c1-16(2)29-21-9-7-20(8-10-21)28-24(14-17-4-3-5-18(25)12-17)15-27-23-13-19(26)6-11-22(23)24/h3-13,16,27-28H,14-15H2,1-2H3. The number of rotatable bonds is 6. The largest absolute Gasteiger partial charge is 0.491 e. The van der Waals surface area contributed by atoms with E-state index in [0.717, 1.165) is 40.1 Å². The summed E-state index contributed by atoms with van der Waals surface area (Å²) in [6.45, 7) is 4.80. The lowest BCUT2D eigenvalue weighted by Gasteiger charge is -2.32. The quantitative estimate of drug-likeness (QED) is 0.456. The average molecular weight is 427 g/mol. The molecule has 0 saturated heterocycles. The molecule has 1 atom stereocenters. The number of halogens is 2. The number of nitrogens with one attached hydrogen (secondary N) is 2. The fourth-order valence-electron chi connectivity index (χ4n) is 3.90. The van der Waals surface area contributed by atoms with E-state index in [2.05, 4.69) is 34.9 Å². The maximum absolute atomic E-state index is 6.25. The van der Waals surface area contributed by atoms with E-state index in [1.807, 2.05) is 56.3 Å². The molecule has 1 heterocycles. The Morgan fingerprint density at radius 2 is 1.76 bits per heavy atom. The Kier molecular flexibility index (Phi) is 5.62. The van der Waals surface area contributed by atoms with Crippen LogP contribution in [-0.2, 0) is 12.0 Å². The first-order chi connectivity index (χ1) is 13.9. The van der Waals surface area contributed by atoms with E-state index in [1.54, 1.807) is 0 Å². The van der Waals surface area contributed by atoms with Crippen molar-refractivity contribution in [3.05, 3.63) is 87.9 Å². The molecule has 5 heteroatoms.